The Labute approximate surface area is 200 Å². The summed E-state index contributed by atoms with van der Waals surface area (Å²) >= 11 is 15.5. The normalized spacial score (nSPS) is 12.2. The third kappa shape index (κ3) is 6.58. The molecule has 1 unspecified atom stereocenters. The van der Waals surface area contributed by atoms with E-state index in [1.807, 2.05) is 0 Å². The molecular weight excluding hydrogens is 529 g/mol. The average molecular weight is 551 g/mol. The Bertz CT molecular complexity index is 1080. The van der Waals surface area contributed by atoms with Crippen LogP contribution >= 0.6 is 39.1 Å². The van der Waals surface area contributed by atoms with Crippen LogP contribution in [-0.2, 0) is 26.2 Å². The zero-order chi connectivity index (χ0) is 23.3. The molecule has 0 aliphatic rings. The predicted molar refractivity (Wildman–Crippen MR) is 127 cm³/mol. The Balaban J connectivity index is 2.43. The van der Waals surface area contributed by atoms with Gasteiger partial charge in [-0.25, -0.2) is 8.42 Å². The monoisotopic (exact) mass is 549 g/mol. The van der Waals surface area contributed by atoms with E-state index < -0.39 is 34.4 Å². The van der Waals surface area contributed by atoms with E-state index >= 15 is 0 Å². The molecule has 0 aliphatic carbocycles. The quantitative estimate of drug-likeness (QED) is 0.543. The number of nitrogens with one attached hydrogen (secondary N) is 1. The number of likely N-dealkylation sites (N-methyl/N-ethyl adjacent to an activating group) is 1. The van der Waals surface area contributed by atoms with E-state index in [4.69, 9.17) is 23.2 Å². The molecule has 0 fully saturated rings. The molecule has 2 amide bonds. The molecule has 31 heavy (non-hydrogen) atoms. The maximum Gasteiger partial charge on any atom is 0.244 e. The molecule has 0 bridgehead atoms. The molecule has 0 heterocycles. The average Bonchev–Trinajstić information content (AvgIpc) is 2.70. The fourth-order valence-corrected chi connectivity index (χ4v) is 4.82. The van der Waals surface area contributed by atoms with Crippen molar-refractivity contribution in [2.75, 3.05) is 24.2 Å². The fraction of sp³-hybridized carbons (Fsp3) is 0.300. The molecule has 0 spiro atoms. The number of anilines is 1. The van der Waals surface area contributed by atoms with E-state index in [9.17, 15) is 18.0 Å². The highest BCUT2D eigenvalue weighted by Crippen LogP contribution is 2.28. The minimum atomic E-state index is -3.80. The number of rotatable bonds is 8. The molecule has 0 radical (unpaired) electrons. The Hall–Kier alpha value is -1.81. The van der Waals surface area contributed by atoms with Crippen LogP contribution in [0.1, 0.15) is 12.5 Å². The van der Waals surface area contributed by atoms with Gasteiger partial charge in [-0.15, -0.1) is 0 Å². The molecule has 0 saturated heterocycles. The molecule has 168 valence electrons. The van der Waals surface area contributed by atoms with E-state index in [0.717, 1.165) is 10.6 Å². The summed E-state index contributed by atoms with van der Waals surface area (Å²) in [4.78, 5) is 26.9. The van der Waals surface area contributed by atoms with Gasteiger partial charge in [0.2, 0.25) is 21.8 Å². The van der Waals surface area contributed by atoms with Gasteiger partial charge in [0.05, 0.1) is 11.9 Å². The van der Waals surface area contributed by atoms with Gasteiger partial charge in [0.1, 0.15) is 12.6 Å². The number of halogens is 3. The van der Waals surface area contributed by atoms with Crippen LogP contribution in [0.25, 0.3) is 0 Å². The molecule has 2 rings (SSSR count). The van der Waals surface area contributed by atoms with E-state index in [2.05, 4.69) is 21.2 Å². The van der Waals surface area contributed by atoms with Crippen molar-refractivity contribution in [2.24, 2.45) is 0 Å². The van der Waals surface area contributed by atoms with Gasteiger partial charge in [0.25, 0.3) is 0 Å². The lowest BCUT2D eigenvalue weighted by Gasteiger charge is -2.31. The number of amides is 2. The Morgan fingerprint density at radius 2 is 1.81 bits per heavy atom. The smallest absolute Gasteiger partial charge is 0.244 e. The van der Waals surface area contributed by atoms with Crippen molar-refractivity contribution >= 4 is 66.7 Å². The lowest BCUT2D eigenvalue weighted by atomic mass is 10.1. The standard InChI is InChI=1S/C20H22BrCl2N3O4S/c1-13(20(28)24-2)25(11-14-8-9-15(22)10-17(14)23)19(27)12-26(31(3,29)30)18-7-5-4-6-16(18)21/h4-10,13H,11-12H2,1-3H3,(H,24,28). The van der Waals surface area contributed by atoms with Gasteiger partial charge in [-0.3, -0.25) is 13.9 Å². The second-order valence-electron chi connectivity index (χ2n) is 6.77. The van der Waals surface area contributed by atoms with Gasteiger partial charge >= 0.3 is 0 Å². The highest BCUT2D eigenvalue weighted by molar-refractivity contribution is 9.10. The first kappa shape index (κ1) is 25.5. The Kier molecular flexibility index (Phi) is 8.76. The van der Waals surface area contributed by atoms with Gasteiger partial charge in [0, 0.05) is 28.1 Å². The predicted octanol–water partition coefficient (Wildman–Crippen LogP) is 3.69. The van der Waals surface area contributed by atoms with Gasteiger partial charge in [-0.2, -0.15) is 0 Å². The van der Waals surface area contributed by atoms with Crippen LogP contribution in [-0.4, -0.2) is 51.0 Å². The van der Waals surface area contributed by atoms with Gasteiger partial charge in [-0.1, -0.05) is 41.4 Å². The molecule has 7 nitrogen and oxygen atoms in total. The van der Waals surface area contributed by atoms with Crippen LogP contribution in [0.5, 0.6) is 0 Å². The highest BCUT2D eigenvalue weighted by Gasteiger charge is 2.30. The number of hydrogen-bond donors (Lipinski definition) is 1. The second kappa shape index (κ2) is 10.7. The van der Waals surface area contributed by atoms with Gasteiger partial charge < -0.3 is 10.2 Å². The van der Waals surface area contributed by atoms with E-state index in [1.165, 1.54) is 18.0 Å². The van der Waals surface area contributed by atoms with Crippen molar-refractivity contribution in [2.45, 2.75) is 19.5 Å². The number of carbonyl (C=O) groups excluding carboxylic acids is 2. The lowest BCUT2D eigenvalue weighted by molar-refractivity contribution is -0.139. The van der Waals surface area contributed by atoms with Crippen molar-refractivity contribution in [3.8, 4) is 0 Å². The van der Waals surface area contributed by atoms with Crippen LogP contribution in [0, 0.1) is 0 Å². The summed E-state index contributed by atoms with van der Waals surface area (Å²) in [5.74, 6) is -0.964. The summed E-state index contributed by atoms with van der Waals surface area (Å²) in [6.45, 7) is 1.06. The number of carbonyl (C=O) groups is 2. The SMILES string of the molecule is CNC(=O)C(C)N(Cc1ccc(Cl)cc1Cl)C(=O)CN(c1ccccc1Br)S(C)(=O)=O. The first-order chi connectivity index (χ1) is 14.5. The summed E-state index contributed by atoms with van der Waals surface area (Å²) in [6.07, 6.45) is 1.02. The Morgan fingerprint density at radius 3 is 2.35 bits per heavy atom. The number of benzene rings is 2. The zero-order valence-electron chi connectivity index (χ0n) is 17.1. The highest BCUT2D eigenvalue weighted by atomic mass is 79.9. The molecule has 1 N–H and O–H groups in total. The van der Waals surface area contributed by atoms with Crippen molar-refractivity contribution in [1.29, 1.82) is 0 Å². The van der Waals surface area contributed by atoms with Crippen molar-refractivity contribution in [3.63, 3.8) is 0 Å². The van der Waals surface area contributed by atoms with E-state index in [1.54, 1.807) is 43.3 Å². The molecular formula is C20H22BrCl2N3O4S. The number of para-hydroxylation sites is 1. The summed E-state index contributed by atoms with van der Waals surface area (Å²) < 4.78 is 26.4. The number of nitrogens with zero attached hydrogens (tertiary/aromatic N) is 2. The third-order valence-electron chi connectivity index (χ3n) is 4.57. The van der Waals surface area contributed by atoms with Gasteiger partial charge in [0.15, 0.2) is 0 Å². The third-order valence-corrected chi connectivity index (χ3v) is 6.95. The molecule has 0 aromatic heterocycles. The van der Waals surface area contributed by atoms with Crippen LogP contribution in [0.4, 0.5) is 5.69 Å². The second-order valence-corrected chi connectivity index (χ2v) is 10.4. The summed E-state index contributed by atoms with van der Waals surface area (Å²) in [5, 5.41) is 3.27. The minimum absolute atomic E-state index is 0.00299. The van der Waals surface area contributed by atoms with Crippen LogP contribution < -0.4 is 9.62 Å². The summed E-state index contributed by atoms with van der Waals surface area (Å²) in [7, 11) is -2.34. The van der Waals surface area contributed by atoms with Crippen LogP contribution in [0.15, 0.2) is 46.9 Å². The molecule has 0 saturated carbocycles. The minimum Gasteiger partial charge on any atom is -0.357 e. The first-order valence-corrected chi connectivity index (χ1v) is 12.5. The topological polar surface area (TPSA) is 86.8 Å². The van der Waals surface area contributed by atoms with E-state index in [-0.39, 0.29) is 6.54 Å². The first-order valence-electron chi connectivity index (χ1n) is 9.13. The molecule has 1 atom stereocenters. The lowest BCUT2D eigenvalue weighted by Crippen LogP contribution is -2.50. The fourth-order valence-electron chi connectivity index (χ4n) is 2.87. The molecule has 2 aromatic rings. The Morgan fingerprint density at radius 1 is 1.16 bits per heavy atom. The maximum atomic E-state index is 13.3. The number of hydrogen-bond acceptors (Lipinski definition) is 4. The summed E-state index contributed by atoms with van der Waals surface area (Å²) in [5.41, 5.74) is 0.886. The van der Waals surface area contributed by atoms with Crippen molar-refractivity contribution in [3.05, 3.63) is 62.5 Å². The van der Waals surface area contributed by atoms with Gasteiger partial charge in [-0.05, 0) is 52.7 Å². The summed E-state index contributed by atoms with van der Waals surface area (Å²) in [6, 6.07) is 10.6. The van der Waals surface area contributed by atoms with Crippen LogP contribution in [0.2, 0.25) is 10.0 Å². The maximum absolute atomic E-state index is 13.3. The van der Waals surface area contributed by atoms with Crippen molar-refractivity contribution < 1.29 is 18.0 Å². The molecule has 0 aliphatic heterocycles. The molecule has 2 aromatic carbocycles. The largest absolute Gasteiger partial charge is 0.357 e. The van der Waals surface area contributed by atoms with E-state index in [0.29, 0.717) is 25.8 Å². The van der Waals surface area contributed by atoms with Crippen molar-refractivity contribution in [1.82, 2.24) is 10.2 Å². The molecule has 11 heteroatoms. The van der Waals surface area contributed by atoms with Crippen LogP contribution in [0.3, 0.4) is 0 Å². The number of sulfonamides is 1. The zero-order valence-corrected chi connectivity index (χ0v) is 21.0.